The first kappa shape index (κ1) is 13.4. The highest BCUT2D eigenvalue weighted by molar-refractivity contribution is 7.12. The van der Waals surface area contributed by atoms with Crippen LogP contribution in [-0.4, -0.2) is 4.98 Å². The zero-order valence-electron chi connectivity index (χ0n) is 12.1. The van der Waals surface area contributed by atoms with Crippen LogP contribution in [-0.2, 0) is 19.3 Å². The van der Waals surface area contributed by atoms with E-state index in [0.29, 0.717) is 5.92 Å². The van der Waals surface area contributed by atoms with Gasteiger partial charge < -0.3 is 0 Å². The number of aromatic nitrogens is 1. The van der Waals surface area contributed by atoms with Gasteiger partial charge in [-0.15, -0.1) is 11.3 Å². The lowest BCUT2D eigenvalue weighted by molar-refractivity contribution is 0.404. The van der Waals surface area contributed by atoms with E-state index in [1.54, 1.807) is 10.4 Å². The van der Waals surface area contributed by atoms with Crippen molar-refractivity contribution in [2.75, 3.05) is 0 Å². The molecule has 2 atom stereocenters. The first-order valence-corrected chi connectivity index (χ1v) is 8.70. The zero-order chi connectivity index (χ0) is 14.2. The van der Waals surface area contributed by atoms with Gasteiger partial charge in [-0.05, 0) is 61.8 Å². The summed E-state index contributed by atoms with van der Waals surface area (Å²) in [6, 6.07) is 6.85. The van der Waals surface area contributed by atoms with E-state index in [0.717, 1.165) is 6.42 Å². The maximum atomic E-state index is 5.94. The molecule has 0 spiro atoms. The predicted octanol–water partition coefficient (Wildman–Crippen LogP) is 3.26. The molecule has 0 fully saturated rings. The van der Waals surface area contributed by atoms with Crippen LogP contribution in [0.3, 0.4) is 0 Å². The molecular formula is C17H21N3S. The Morgan fingerprint density at radius 3 is 3.00 bits per heavy atom. The summed E-state index contributed by atoms with van der Waals surface area (Å²) in [5.74, 6) is 6.34. The molecule has 0 amide bonds. The third kappa shape index (κ3) is 2.31. The molecule has 2 heterocycles. The largest absolute Gasteiger partial charge is 0.271 e. The average molecular weight is 299 g/mol. The Labute approximate surface area is 129 Å². The van der Waals surface area contributed by atoms with Gasteiger partial charge >= 0.3 is 0 Å². The van der Waals surface area contributed by atoms with Crippen LogP contribution in [0.1, 0.15) is 57.8 Å². The van der Waals surface area contributed by atoms with Crippen molar-refractivity contribution in [3.05, 3.63) is 51.0 Å². The molecule has 4 heteroatoms. The van der Waals surface area contributed by atoms with Gasteiger partial charge in [-0.1, -0.05) is 6.07 Å². The maximum Gasteiger partial charge on any atom is 0.0637 e. The number of thiophene rings is 1. The number of hydrogen-bond donors (Lipinski definition) is 2. The molecule has 21 heavy (non-hydrogen) atoms. The molecule has 2 aromatic heterocycles. The van der Waals surface area contributed by atoms with E-state index in [9.17, 15) is 0 Å². The number of nitrogens with one attached hydrogen (secondary N) is 1. The topological polar surface area (TPSA) is 50.9 Å². The number of fused-ring (bicyclic) bond motifs is 2. The number of nitrogens with two attached hydrogens (primary N) is 1. The van der Waals surface area contributed by atoms with Gasteiger partial charge in [0.25, 0.3) is 0 Å². The SMILES string of the molecule is NNC(c1cc2c(s1)CCC2)C1CCCc2cccnc21. The van der Waals surface area contributed by atoms with Gasteiger partial charge in [0, 0.05) is 27.6 Å². The second-order valence-electron chi connectivity index (χ2n) is 6.14. The van der Waals surface area contributed by atoms with Crippen molar-refractivity contribution in [2.45, 2.75) is 50.5 Å². The van der Waals surface area contributed by atoms with E-state index >= 15 is 0 Å². The van der Waals surface area contributed by atoms with E-state index in [1.807, 2.05) is 23.6 Å². The minimum Gasteiger partial charge on any atom is -0.271 e. The normalized spacial score (nSPS) is 21.9. The molecule has 0 aromatic carbocycles. The van der Waals surface area contributed by atoms with Gasteiger partial charge in [-0.3, -0.25) is 16.3 Å². The van der Waals surface area contributed by atoms with Crippen LogP contribution in [0.2, 0.25) is 0 Å². The van der Waals surface area contributed by atoms with Crippen LogP contribution in [0.15, 0.2) is 24.4 Å². The molecule has 110 valence electrons. The summed E-state index contributed by atoms with van der Waals surface area (Å²) in [5, 5.41) is 0. The fraction of sp³-hybridized carbons (Fsp3) is 0.471. The van der Waals surface area contributed by atoms with E-state index in [1.165, 1.54) is 48.2 Å². The highest BCUT2D eigenvalue weighted by Crippen LogP contribution is 2.43. The molecule has 2 aliphatic carbocycles. The van der Waals surface area contributed by atoms with Crippen LogP contribution >= 0.6 is 11.3 Å². The molecule has 0 aliphatic heterocycles. The highest BCUT2D eigenvalue weighted by Gasteiger charge is 2.31. The summed E-state index contributed by atoms with van der Waals surface area (Å²) < 4.78 is 0. The first-order valence-electron chi connectivity index (χ1n) is 7.88. The van der Waals surface area contributed by atoms with E-state index < -0.39 is 0 Å². The Balaban J connectivity index is 1.70. The van der Waals surface area contributed by atoms with Crippen molar-refractivity contribution in [2.24, 2.45) is 5.84 Å². The minimum absolute atomic E-state index is 0.203. The van der Waals surface area contributed by atoms with Crippen molar-refractivity contribution in [1.29, 1.82) is 0 Å². The first-order chi connectivity index (χ1) is 10.4. The molecule has 3 N–H and O–H groups in total. The molecule has 0 radical (unpaired) electrons. The van der Waals surface area contributed by atoms with Gasteiger partial charge in [0.15, 0.2) is 0 Å². The summed E-state index contributed by atoms with van der Waals surface area (Å²) in [7, 11) is 0. The molecule has 0 saturated carbocycles. The lowest BCUT2D eigenvalue weighted by Crippen LogP contribution is -2.34. The minimum atomic E-state index is 0.203. The lowest BCUT2D eigenvalue weighted by Gasteiger charge is -2.30. The number of aryl methyl sites for hydroxylation is 3. The lowest BCUT2D eigenvalue weighted by atomic mass is 9.81. The van der Waals surface area contributed by atoms with Crippen LogP contribution in [0.25, 0.3) is 0 Å². The second-order valence-corrected chi connectivity index (χ2v) is 7.31. The van der Waals surface area contributed by atoms with Gasteiger partial charge in [-0.25, -0.2) is 0 Å². The Morgan fingerprint density at radius 2 is 2.14 bits per heavy atom. The summed E-state index contributed by atoms with van der Waals surface area (Å²) in [5.41, 5.74) is 7.29. The van der Waals surface area contributed by atoms with Crippen molar-refractivity contribution in [3.8, 4) is 0 Å². The average Bonchev–Trinajstić information content (AvgIpc) is 3.10. The van der Waals surface area contributed by atoms with Crippen molar-refractivity contribution in [3.63, 3.8) is 0 Å². The molecular weight excluding hydrogens is 278 g/mol. The van der Waals surface area contributed by atoms with Crippen LogP contribution < -0.4 is 11.3 Å². The van der Waals surface area contributed by atoms with Crippen LogP contribution in [0, 0.1) is 0 Å². The predicted molar refractivity (Wildman–Crippen MR) is 86.3 cm³/mol. The Hall–Kier alpha value is -1.23. The van der Waals surface area contributed by atoms with Crippen molar-refractivity contribution >= 4 is 11.3 Å². The third-order valence-electron chi connectivity index (χ3n) is 4.89. The number of hydrazine groups is 1. The fourth-order valence-corrected chi connectivity index (χ4v) is 5.26. The van der Waals surface area contributed by atoms with Gasteiger partial charge in [0.1, 0.15) is 0 Å². The molecule has 2 aliphatic rings. The van der Waals surface area contributed by atoms with Crippen LogP contribution in [0.5, 0.6) is 0 Å². The van der Waals surface area contributed by atoms with E-state index in [2.05, 4.69) is 22.5 Å². The van der Waals surface area contributed by atoms with Gasteiger partial charge in [0.2, 0.25) is 0 Å². The van der Waals surface area contributed by atoms with Gasteiger partial charge in [0.05, 0.1) is 6.04 Å². The monoisotopic (exact) mass is 299 g/mol. The quantitative estimate of drug-likeness (QED) is 0.675. The van der Waals surface area contributed by atoms with Crippen molar-refractivity contribution < 1.29 is 0 Å². The maximum absolute atomic E-state index is 5.94. The zero-order valence-corrected chi connectivity index (χ0v) is 13.0. The Kier molecular flexibility index (Phi) is 3.53. The second kappa shape index (κ2) is 5.52. The Bertz CT molecular complexity index is 628. The fourth-order valence-electron chi connectivity index (χ4n) is 3.87. The van der Waals surface area contributed by atoms with E-state index in [-0.39, 0.29) is 6.04 Å². The molecule has 0 bridgehead atoms. The summed E-state index contributed by atoms with van der Waals surface area (Å²) in [4.78, 5) is 7.63. The standard InChI is InChI=1S/C17H21N3S/c18-20-17(15-10-12-5-2-8-14(12)21-15)13-7-1-4-11-6-3-9-19-16(11)13/h3,6,9-10,13,17,20H,1-2,4-5,7-8,18H2. The molecule has 0 saturated heterocycles. The summed E-state index contributed by atoms with van der Waals surface area (Å²) in [6.07, 6.45) is 9.26. The third-order valence-corrected chi connectivity index (χ3v) is 6.21. The molecule has 4 rings (SSSR count). The van der Waals surface area contributed by atoms with Crippen LogP contribution in [0.4, 0.5) is 0 Å². The number of nitrogens with zero attached hydrogens (tertiary/aromatic N) is 1. The smallest absolute Gasteiger partial charge is 0.0637 e. The molecule has 2 aromatic rings. The van der Waals surface area contributed by atoms with Crippen molar-refractivity contribution in [1.82, 2.24) is 10.4 Å². The number of pyridine rings is 1. The molecule has 3 nitrogen and oxygen atoms in total. The van der Waals surface area contributed by atoms with Gasteiger partial charge in [-0.2, -0.15) is 0 Å². The summed E-state index contributed by atoms with van der Waals surface area (Å²) in [6.45, 7) is 0. The van der Waals surface area contributed by atoms with E-state index in [4.69, 9.17) is 5.84 Å². The molecule has 2 unspecified atom stereocenters. The summed E-state index contributed by atoms with van der Waals surface area (Å²) >= 11 is 1.95. The number of rotatable bonds is 3. The number of hydrogen-bond acceptors (Lipinski definition) is 4. The highest BCUT2D eigenvalue weighted by atomic mass is 32.1. The Morgan fingerprint density at radius 1 is 1.24 bits per heavy atom.